The molecule has 0 aliphatic rings. The van der Waals surface area contributed by atoms with Crippen LogP contribution < -0.4 is 0 Å². The van der Waals surface area contributed by atoms with Crippen LogP contribution >= 0.6 is 11.8 Å². The summed E-state index contributed by atoms with van der Waals surface area (Å²) in [6.45, 7) is 0. The lowest BCUT2D eigenvalue weighted by atomic mass is 10.1. The molecule has 1 aromatic heterocycles. The first-order valence-electron chi connectivity index (χ1n) is 6.96. The fourth-order valence-corrected chi connectivity index (χ4v) is 2.86. The van der Waals surface area contributed by atoms with Gasteiger partial charge in [0.25, 0.3) is 0 Å². The zero-order valence-electron chi connectivity index (χ0n) is 12.1. The molecule has 3 aromatic rings. The summed E-state index contributed by atoms with van der Waals surface area (Å²) in [4.78, 5) is 1.06. The lowest BCUT2D eigenvalue weighted by Gasteiger charge is -2.00. The van der Waals surface area contributed by atoms with Crippen molar-refractivity contribution in [3.63, 3.8) is 0 Å². The maximum Gasteiger partial charge on any atom is 0.165 e. The van der Waals surface area contributed by atoms with Gasteiger partial charge in [0.15, 0.2) is 5.09 Å². The summed E-state index contributed by atoms with van der Waals surface area (Å²) in [5, 5.41) is 9.99. The molecule has 4 heteroatoms. The Labute approximate surface area is 137 Å². The number of rotatable bonds is 4. The summed E-state index contributed by atoms with van der Waals surface area (Å²) in [5.74, 6) is 0.0916. The van der Waals surface area contributed by atoms with Gasteiger partial charge in [-0.3, -0.25) is 0 Å². The standard InChI is InChI=1S/C19H12FNOS/c20-18-9-5-4-8-17(18)14(13-21)12-15-10-11-19(22-15)23-16-6-2-1-3-7-16/h1-12H/b14-12-. The molecule has 0 fully saturated rings. The Morgan fingerprint density at radius 2 is 1.74 bits per heavy atom. The molecule has 2 nitrogen and oxygen atoms in total. The third kappa shape index (κ3) is 3.71. The summed E-state index contributed by atoms with van der Waals surface area (Å²) in [5.41, 5.74) is 0.498. The van der Waals surface area contributed by atoms with Crippen LogP contribution in [0, 0.1) is 17.1 Å². The van der Waals surface area contributed by atoms with E-state index in [9.17, 15) is 9.65 Å². The van der Waals surface area contributed by atoms with E-state index in [0.717, 1.165) is 4.90 Å². The highest BCUT2D eigenvalue weighted by molar-refractivity contribution is 7.99. The molecule has 3 rings (SSSR count). The van der Waals surface area contributed by atoms with Crippen LogP contribution in [0.2, 0.25) is 0 Å². The molecule has 0 bridgehead atoms. The fraction of sp³-hybridized carbons (Fsp3) is 0. The van der Waals surface area contributed by atoms with Crippen LogP contribution in [0.15, 0.2) is 81.1 Å². The van der Waals surface area contributed by atoms with Crippen molar-refractivity contribution in [1.29, 1.82) is 5.26 Å². The second-order valence-corrected chi connectivity index (χ2v) is 5.80. The Morgan fingerprint density at radius 3 is 2.48 bits per heavy atom. The minimum Gasteiger partial charge on any atom is -0.450 e. The van der Waals surface area contributed by atoms with E-state index in [2.05, 4.69) is 0 Å². The van der Waals surface area contributed by atoms with Crippen LogP contribution in [0.25, 0.3) is 11.6 Å². The number of allylic oxidation sites excluding steroid dienone is 1. The van der Waals surface area contributed by atoms with E-state index < -0.39 is 5.82 Å². The molecule has 0 spiro atoms. The molecule has 0 saturated carbocycles. The van der Waals surface area contributed by atoms with Crippen molar-refractivity contribution in [2.75, 3.05) is 0 Å². The molecule has 2 aromatic carbocycles. The Bertz CT molecular complexity index is 878. The summed E-state index contributed by atoms with van der Waals surface area (Å²) < 4.78 is 19.5. The van der Waals surface area contributed by atoms with Gasteiger partial charge >= 0.3 is 0 Å². The predicted octanol–water partition coefficient (Wildman–Crippen LogP) is 5.63. The molecule has 0 aliphatic heterocycles. The van der Waals surface area contributed by atoms with Crippen molar-refractivity contribution >= 4 is 23.4 Å². The summed E-state index contributed by atoms with van der Waals surface area (Å²) in [6.07, 6.45) is 1.55. The summed E-state index contributed by atoms with van der Waals surface area (Å²) in [7, 11) is 0. The molecule has 0 N–H and O–H groups in total. The zero-order valence-corrected chi connectivity index (χ0v) is 12.9. The first-order chi connectivity index (χ1) is 11.3. The van der Waals surface area contributed by atoms with Crippen LogP contribution in [0.4, 0.5) is 4.39 Å². The molecule has 0 atom stereocenters. The topological polar surface area (TPSA) is 36.9 Å². The third-order valence-electron chi connectivity index (χ3n) is 3.13. The monoisotopic (exact) mass is 321 g/mol. The summed E-state index contributed by atoms with van der Waals surface area (Å²) in [6, 6.07) is 21.7. The highest BCUT2D eigenvalue weighted by Crippen LogP contribution is 2.30. The van der Waals surface area contributed by atoms with Crippen molar-refractivity contribution in [3.8, 4) is 6.07 Å². The van der Waals surface area contributed by atoms with E-state index in [0.29, 0.717) is 10.9 Å². The van der Waals surface area contributed by atoms with Gasteiger partial charge in [-0.2, -0.15) is 5.26 Å². The highest BCUT2D eigenvalue weighted by atomic mass is 32.2. The highest BCUT2D eigenvalue weighted by Gasteiger charge is 2.09. The van der Waals surface area contributed by atoms with E-state index >= 15 is 0 Å². The van der Waals surface area contributed by atoms with Gasteiger partial charge < -0.3 is 4.42 Å². The number of nitrogens with zero attached hydrogens (tertiary/aromatic N) is 1. The lowest BCUT2D eigenvalue weighted by Crippen LogP contribution is -1.86. The molecule has 112 valence electrons. The van der Waals surface area contributed by atoms with Crippen molar-refractivity contribution < 1.29 is 8.81 Å². The molecule has 1 heterocycles. The van der Waals surface area contributed by atoms with Crippen molar-refractivity contribution in [3.05, 3.63) is 83.9 Å². The van der Waals surface area contributed by atoms with Crippen LogP contribution in [-0.4, -0.2) is 0 Å². The minimum absolute atomic E-state index is 0.230. The Kier molecular flexibility index (Phi) is 4.60. The maximum absolute atomic E-state index is 13.8. The van der Waals surface area contributed by atoms with Gasteiger partial charge in [0.1, 0.15) is 11.6 Å². The first kappa shape index (κ1) is 15.1. The van der Waals surface area contributed by atoms with Crippen molar-refractivity contribution in [2.45, 2.75) is 9.99 Å². The number of furan rings is 1. The molecule has 0 radical (unpaired) electrons. The lowest BCUT2D eigenvalue weighted by molar-refractivity contribution is 0.466. The van der Waals surface area contributed by atoms with E-state index in [4.69, 9.17) is 4.42 Å². The van der Waals surface area contributed by atoms with Gasteiger partial charge in [0.2, 0.25) is 0 Å². The minimum atomic E-state index is -0.425. The Hall–Kier alpha value is -2.77. The van der Waals surface area contributed by atoms with Crippen LogP contribution in [0.3, 0.4) is 0 Å². The number of halogens is 1. The van der Waals surface area contributed by atoms with Gasteiger partial charge in [0.05, 0.1) is 11.6 Å². The SMILES string of the molecule is N#C/C(=C/c1ccc(Sc2ccccc2)o1)c1ccccc1F. The Morgan fingerprint density at radius 1 is 1.00 bits per heavy atom. The van der Waals surface area contributed by atoms with Crippen molar-refractivity contribution in [2.24, 2.45) is 0 Å². The third-order valence-corrected chi connectivity index (χ3v) is 4.06. The van der Waals surface area contributed by atoms with Crippen molar-refractivity contribution in [1.82, 2.24) is 0 Å². The molecular formula is C19H12FNOS. The second kappa shape index (κ2) is 6.99. The molecule has 0 aliphatic carbocycles. The van der Waals surface area contributed by atoms with Crippen LogP contribution in [-0.2, 0) is 0 Å². The number of nitriles is 1. The molecule has 23 heavy (non-hydrogen) atoms. The number of hydrogen-bond donors (Lipinski definition) is 0. The predicted molar refractivity (Wildman–Crippen MR) is 89.2 cm³/mol. The normalized spacial score (nSPS) is 11.2. The van der Waals surface area contributed by atoms with E-state index in [1.165, 1.54) is 17.8 Å². The van der Waals surface area contributed by atoms with Gasteiger partial charge in [-0.15, -0.1) is 0 Å². The molecule has 0 saturated heterocycles. The van der Waals surface area contributed by atoms with E-state index in [1.807, 2.05) is 42.5 Å². The van der Waals surface area contributed by atoms with Gasteiger partial charge in [-0.05, 0) is 36.4 Å². The first-order valence-corrected chi connectivity index (χ1v) is 7.77. The zero-order chi connectivity index (χ0) is 16.1. The smallest absolute Gasteiger partial charge is 0.165 e. The van der Waals surface area contributed by atoms with Gasteiger partial charge in [-0.1, -0.05) is 48.2 Å². The molecule has 0 amide bonds. The quantitative estimate of drug-likeness (QED) is 0.584. The number of benzene rings is 2. The Balaban J connectivity index is 1.85. The summed E-state index contributed by atoms with van der Waals surface area (Å²) >= 11 is 1.49. The molecular weight excluding hydrogens is 309 g/mol. The maximum atomic E-state index is 13.8. The molecule has 0 unspecified atom stereocenters. The van der Waals surface area contributed by atoms with Crippen LogP contribution in [0.5, 0.6) is 0 Å². The van der Waals surface area contributed by atoms with Gasteiger partial charge in [-0.25, -0.2) is 4.39 Å². The van der Waals surface area contributed by atoms with E-state index in [-0.39, 0.29) is 11.1 Å². The van der Waals surface area contributed by atoms with Gasteiger partial charge in [0, 0.05) is 10.5 Å². The largest absolute Gasteiger partial charge is 0.450 e. The average Bonchev–Trinajstić information content (AvgIpc) is 3.01. The number of hydrogen-bond acceptors (Lipinski definition) is 3. The second-order valence-electron chi connectivity index (χ2n) is 4.72. The fourth-order valence-electron chi connectivity index (χ4n) is 2.06. The van der Waals surface area contributed by atoms with E-state index in [1.54, 1.807) is 30.3 Å². The van der Waals surface area contributed by atoms with Crippen LogP contribution in [0.1, 0.15) is 11.3 Å². The average molecular weight is 321 g/mol.